The number of nitrogens with one attached hydrogen (secondary N) is 1. The molecule has 2 rings (SSSR count). The number of carbonyl (C=O) groups excluding carboxylic acids is 2. The molecule has 0 bridgehead atoms. The van der Waals surface area contributed by atoms with E-state index in [1.165, 1.54) is 14.2 Å². The fourth-order valence-corrected chi connectivity index (χ4v) is 2.70. The summed E-state index contributed by atoms with van der Waals surface area (Å²) in [4.78, 5) is 25.3. The van der Waals surface area contributed by atoms with E-state index in [9.17, 15) is 9.59 Å². The van der Waals surface area contributed by atoms with Gasteiger partial charge in [0.1, 0.15) is 5.75 Å². The van der Waals surface area contributed by atoms with Crippen LogP contribution in [0.15, 0.2) is 18.2 Å². The first-order valence-corrected chi connectivity index (χ1v) is 7.40. The summed E-state index contributed by atoms with van der Waals surface area (Å²) in [5, 5.41) is 3.29. The number of benzene rings is 1. The summed E-state index contributed by atoms with van der Waals surface area (Å²) in [6.45, 7) is 1.04. The summed E-state index contributed by atoms with van der Waals surface area (Å²) >= 11 is 6.03. The summed E-state index contributed by atoms with van der Waals surface area (Å²) in [5.74, 6) is 0.374. The third kappa shape index (κ3) is 3.82. The lowest BCUT2D eigenvalue weighted by atomic mass is 9.96. The smallest absolute Gasteiger partial charge is 0.409 e. The standard InChI is InChI=1S/C15H19ClN2O4/c1-21-13-4-3-11(9-12(13)16)17-14(19)10-5-7-18(8-6-10)15(20)22-2/h3-4,9-10H,5-8H2,1-2H3,(H,17,19). The van der Waals surface area contributed by atoms with Crippen molar-refractivity contribution in [1.29, 1.82) is 0 Å². The van der Waals surface area contributed by atoms with Crippen molar-refractivity contribution in [3.63, 3.8) is 0 Å². The molecule has 1 aliphatic heterocycles. The van der Waals surface area contributed by atoms with Crippen molar-refractivity contribution >= 4 is 29.3 Å². The predicted octanol–water partition coefficient (Wildman–Crippen LogP) is 2.77. The van der Waals surface area contributed by atoms with E-state index >= 15 is 0 Å². The van der Waals surface area contributed by atoms with Crippen LogP contribution in [0.25, 0.3) is 0 Å². The van der Waals surface area contributed by atoms with E-state index in [0.717, 1.165) is 0 Å². The number of likely N-dealkylation sites (tertiary alicyclic amines) is 1. The van der Waals surface area contributed by atoms with Crippen LogP contribution in [0.1, 0.15) is 12.8 Å². The van der Waals surface area contributed by atoms with E-state index in [-0.39, 0.29) is 17.9 Å². The summed E-state index contributed by atoms with van der Waals surface area (Å²) in [6, 6.07) is 5.10. The fraction of sp³-hybridized carbons (Fsp3) is 0.467. The van der Waals surface area contributed by atoms with Gasteiger partial charge in [0.05, 0.1) is 19.2 Å². The molecule has 1 aromatic carbocycles. The van der Waals surface area contributed by atoms with Crippen LogP contribution >= 0.6 is 11.6 Å². The molecule has 1 heterocycles. The summed E-state index contributed by atoms with van der Waals surface area (Å²) in [5.41, 5.74) is 0.631. The highest BCUT2D eigenvalue weighted by Crippen LogP contribution is 2.28. The van der Waals surface area contributed by atoms with Crippen LogP contribution in [0.4, 0.5) is 10.5 Å². The molecular formula is C15H19ClN2O4. The van der Waals surface area contributed by atoms with Gasteiger partial charge < -0.3 is 19.7 Å². The molecule has 1 saturated heterocycles. The Morgan fingerprint density at radius 1 is 1.27 bits per heavy atom. The number of amides is 2. The van der Waals surface area contributed by atoms with Gasteiger partial charge in [-0.1, -0.05) is 11.6 Å². The van der Waals surface area contributed by atoms with Gasteiger partial charge in [0, 0.05) is 24.7 Å². The molecule has 120 valence electrons. The van der Waals surface area contributed by atoms with Gasteiger partial charge in [-0.25, -0.2) is 4.79 Å². The number of nitrogens with zero attached hydrogens (tertiary/aromatic N) is 1. The number of piperidine rings is 1. The van der Waals surface area contributed by atoms with Crippen molar-refractivity contribution in [2.75, 3.05) is 32.6 Å². The van der Waals surface area contributed by atoms with Crippen molar-refractivity contribution in [2.45, 2.75) is 12.8 Å². The van der Waals surface area contributed by atoms with E-state index in [2.05, 4.69) is 10.1 Å². The molecule has 0 saturated carbocycles. The lowest BCUT2D eigenvalue weighted by molar-refractivity contribution is -0.121. The van der Waals surface area contributed by atoms with Crippen LogP contribution in [0.2, 0.25) is 5.02 Å². The summed E-state index contributed by atoms with van der Waals surface area (Å²) < 4.78 is 9.75. The van der Waals surface area contributed by atoms with E-state index in [1.807, 2.05) is 0 Å². The lowest BCUT2D eigenvalue weighted by Crippen LogP contribution is -2.41. The number of carbonyl (C=O) groups is 2. The van der Waals surface area contributed by atoms with E-state index in [1.54, 1.807) is 23.1 Å². The van der Waals surface area contributed by atoms with Gasteiger partial charge >= 0.3 is 6.09 Å². The van der Waals surface area contributed by atoms with Crippen LogP contribution in [0, 0.1) is 5.92 Å². The van der Waals surface area contributed by atoms with Crippen molar-refractivity contribution in [3.8, 4) is 5.75 Å². The number of methoxy groups -OCH3 is 2. The Balaban J connectivity index is 1.91. The molecule has 0 aliphatic carbocycles. The second-order valence-electron chi connectivity index (χ2n) is 5.07. The zero-order valence-electron chi connectivity index (χ0n) is 12.6. The van der Waals surface area contributed by atoms with Crippen LogP contribution in [-0.4, -0.2) is 44.2 Å². The van der Waals surface area contributed by atoms with Gasteiger partial charge in [-0.15, -0.1) is 0 Å². The molecular weight excluding hydrogens is 308 g/mol. The zero-order valence-corrected chi connectivity index (χ0v) is 13.4. The van der Waals surface area contributed by atoms with Gasteiger partial charge in [-0.05, 0) is 31.0 Å². The first-order chi connectivity index (χ1) is 10.5. The quantitative estimate of drug-likeness (QED) is 0.927. The van der Waals surface area contributed by atoms with Crippen molar-refractivity contribution < 1.29 is 19.1 Å². The summed E-state index contributed by atoms with van der Waals surface area (Å²) in [6.07, 6.45) is 0.885. The highest BCUT2D eigenvalue weighted by Gasteiger charge is 2.27. The minimum absolute atomic E-state index is 0.0641. The van der Waals surface area contributed by atoms with Gasteiger partial charge in [0.2, 0.25) is 5.91 Å². The summed E-state index contributed by atoms with van der Waals surface area (Å²) in [7, 11) is 2.89. The van der Waals surface area contributed by atoms with Gasteiger partial charge in [-0.3, -0.25) is 4.79 Å². The number of hydrogen-bond donors (Lipinski definition) is 1. The van der Waals surface area contributed by atoms with E-state index in [4.69, 9.17) is 16.3 Å². The second kappa shape index (κ2) is 7.35. The molecule has 0 atom stereocenters. The van der Waals surface area contributed by atoms with Crippen molar-refractivity contribution in [2.24, 2.45) is 5.92 Å². The molecule has 0 spiro atoms. The van der Waals surface area contributed by atoms with Crippen LogP contribution in [0.3, 0.4) is 0 Å². The molecule has 6 nitrogen and oxygen atoms in total. The third-order valence-electron chi connectivity index (χ3n) is 3.72. The molecule has 0 radical (unpaired) electrons. The fourth-order valence-electron chi connectivity index (χ4n) is 2.44. The number of anilines is 1. The van der Waals surface area contributed by atoms with Crippen molar-refractivity contribution in [1.82, 2.24) is 4.90 Å². The number of ether oxygens (including phenoxy) is 2. The zero-order chi connectivity index (χ0) is 16.1. The van der Waals surface area contributed by atoms with Crippen LogP contribution in [0.5, 0.6) is 5.75 Å². The Morgan fingerprint density at radius 3 is 2.50 bits per heavy atom. The maximum atomic E-state index is 12.3. The number of rotatable bonds is 3. The average Bonchev–Trinajstić information content (AvgIpc) is 2.54. The topological polar surface area (TPSA) is 67.9 Å². The molecule has 7 heteroatoms. The Bertz CT molecular complexity index is 556. The van der Waals surface area contributed by atoms with Gasteiger partial charge in [0.15, 0.2) is 0 Å². The maximum absolute atomic E-state index is 12.3. The first kappa shape index (κ1) is 16.4. The maximum Gasteiger partial charge on any atom is 0.409 e. The molecule has 1 fully saturated rings. The molecule has 1 aliphatic rings. The largest absolute Gasteiger partial charge is 0.495 e. The minimum Gasteiger partial charge on any atom is -0.495 e. The third-order valence-corrected chi connectivity index (χ3v) is 4.01. The number of halogens is 1. The monoisotopic (exact) mass is 326 g/mol. The molecule has 1 aromatic rings. The average molecular weight is 327 g/mol. The molecule has 0 unspecified atom stereocenters. The molecule has 22 heavy (non-hydrogen) atoms. The normalized spacial score (nSPS) is 15.3. The number of hydrogen-bond acceptors (Lipinski definition) is 4. The minimum atomic E-state index is -0.346. The lowest BCUT2D eigenvalue weighted by Gasteiger charge is -2.30. The molecule has 2 amide bonds. The van der Waals surface area contributed by atoms with Gasteiger partial charge in [-0.2, -0.15) is 0 Å². The van der Waals surface area contributed by atoms with Gasteiger partial charge in [0.25, 0.3) is 0 Å². The Kier molecular flexibility index (Phi) is 5.49. The van der Waals surface area contributed by atoms with Crippen LogP contribution in [-0.2, 0) is 9.53 Å². The Labute approximate surface area is 134 Å². The highest BCUT2D eigenvalue weighted by atomic mass is 35.5. The molecule has 0 aromatic heterocycles. The van der Waals surface area contributed by atoms with E-state index in [0.29, 0.717) is 42.4 Å². The van der Waals surface area contributed by atoms with Crippen molar-refractivity contribution in [3.05, 3.63) is 23.2 Å². The van der Waals surface area contributed by atoms with Crippen LogP contribution < -0.4 is 10.1 Å². The first-order valence-electron chi connectivity index (χ1n) is 7.02. The predicted molar refractivity (Wildman–Crippen MR) is 83.3 cm³/mol. The SMILES string of the molecule is COC(=O)N1CCC(C(=O)Nc2ccc(OC)c(Cl)c2)CC1. The highest BCUT2D eigenvalue weighted by molar-refractivity contribution is 6.32. The molecule has 1 N–H and O–H groups in total. The van der Waals surface area contributed by atoms with E-state index < -0.39 is 0 Å². The second-order valence-corrected chi connectivity index (χ2v) is 5.48. The Hall–Kier alpha value is -1.95. The Morgan fingerprint density at radius 2 is 1.95 bits per heavy atom.